The first kappa shape index (κ1) is 20.1. The third kappa shape index (κ3) is 4.85. The fraction of sp³-hybridized carbons (Fsp3) is 0.643. The molecule has 0 aliphatic carbocycles. The molecule has 0 bridgehead atoms. The molecule has 2 atom stereocenters. The van der Waals surface area contributed by atoms with Gasteiger partial charge in [-0.15, -0.1) is 24.8 Å². The second kappa shape index (κ2) is 9.96. The van der Waals surface area contributed by atoms with Gasteiger partial charge in [0, 0.05) is 44.0 Å². The van der Waals surface area contributed by atoms with E-state index in [9.17, 15) is 0 Å². The van der Waals surface area contributed by atoms with E-state index in [2.05, 4.69) is 51.0 Å². The molecule has 1 aromatic heterocycles. The second-order valence-electron chi connectivity index (χ2n) is 5.00. The molecule has 1 unspecified atom stereocenters. The Morgan fingerprint density at radius 1 is 1.35 bits per heavy atom. The van der Waals surface area contributed by atoms with E-state index in [4.69, 9.17) is 0 Å². The summed E-state index contributed by atoms with van der Waals surface area (Å²) < 4.78 is 0.994. The summed E-state index contributed by atoms with van der Waals surface area (Å²) in [5.74, 6) is 0.642. The van der Waals surface area contributed by atoms with E-state index in [-0.39, 0.29) is 24.8 Å². The molecule has 2 heterocycles. The van der Waals surface area contributed by atoms with Crippen LogP contribution in [0.4, 0.5) is 0 Å². The summed E-state index contributed by atoms with van der Waals surface area (Å²) in [5.41, 5.74) is 1.33. The summed E-state index contributed by atoms with van der Waals surface area (Å²) in [7, 11) is 0. The Balaban J connectivity index is 0.00000180. The minimum Gasteiger partial charge on any atom is -0.314 e. The van der Waals surface area contributed by atoms with Crippen molar-refractivity contribution < 1.29 is 0 Å². The molecule has 6 heteroatoms. The van der Waals surface area contributed by atoms with Gasteiger partial charge in [0.15, 0.2) is 0 Å². The molecule has 1 aliphatic rings. The van der Waals surface area contributed by atoms with Crippen LogP contribution in [0.1, 0.15) is 31.9 Å². The average Bonchev–Trinajstić information content (AvgIpc) is 2.42. The Hall–Kier alpha value is 0.130. The fourth-order valence-corrected chi connectivity index (χ4v) is 3.15. The minimum atomic E-state index is 0. The molecule has 1 saturated heterocycles. The van der Waals surface area contributed by atoms with Gasteiger partial charge in [-0.1, -0.05) is 26.3 Å². The van der Waals surface area contributed by atoms with Crippen LogP contribution < -0.4 is 5.32 Å². The van der Waals surface area contributed by atoms with Gasteiger partial charge in [0.25, 0.3) is 0 Å². The van der Waals surface area contributed by atoms with Crippen LogP contribution in [0.5, 0.6) is 0 Å². The maximum absolute atomic E-state index is 4.39. The summed E-state index contributed by atoms with van der Waals surface area (Å²) in [6.07, 6.45) is 3.04. The summed E-state index contributed by atoms with van der Waals surface area (Å²) in [5, 5.41) is 3.42. The van der Waals surface area contributed by atoms with Crippen molar-refractivity contribution >= 4 is 40.7 Å². The zero-order valence-corrected chi connectivity index (χ0v) is 15.2. The number of nitrogens with zero attached hydrogens (tertiary/aromatic N) is 2. The first-order chi connectivity index (χ1) is 8.74. The maximum atomic E-state index is 4.39. The van der Waals surface area contributed by atoms with E-state index in [1.807, 2.05) is 12.3 Å². The van der Waals surface area contributed by atoms with Gasteiger partial charge in [0.2, 0.25) is 0 Å². The van der Waals surface area contributed by atoms with Gasteiger partial charge in [-0.2, -0.15) is 0 Å². The lowest BCUT2D eigenvalue weighted by molar-refractivity contribution is 0.127. The van der Waals surface area contributed by atoms with Crippen molar-refractivity contribution in [1.29, 1.82) is 0 Å². The van der Waals surface area contributed by atoms with E-state index in [0.717, 1.165) is 30.8 Å². The molecule has 20 heavy (non-hydrogen) atoms. The van der Waals surface area contributed by atoms with Gasteiger partial charge in [0.1, 0.15) is 4.60 Å². The standard InChI is InChI=1S/C14H22BrN3.2ClH/c1-3-11(2)13(18-9-7-16-8-10-18)12-5-4-6-17-14(12)15;;/h4-6,11,13,16H,3,7-10H2,1-2H3;2*1H/t11?,13-;;/m1../s1. The zero-order valence-electron chi connectivity index (χ0n) is 12.0. The Morgan fingerprint density at radius 3 is 2.55 bits per heavy atom. The van der Waals surface area contributed by atoms with E-state index < -0.39 is 0 Å². The lowest BCUT2D eigenvalue weighted by Gasteiger charge is -2.38. The largest absolute Gasteiger partial charge is 0.314 e. The van der Waals surface area contributed by atoms with Crippen LogP contribution in [0.2, 0.25) is 0 Å². The summed E-state index contributed by atoms with van der Waals surface area (Å²) in [4.78, 5) is 6.98. The van der Waals surface area contributed by atoms with Crippen molar-refractivity contribution in [3.05, 3.63) is 28.5 Å². The summed E-state index contributed by atoms with van der Waals surface area (Å²) in [6, 6.07) is 4.72. The lowest BCUT2D eigenvalue weighted by Crippen LogP contribution is -2.46. The number of piperazine rings is 1. The fourth-order valence-electron chi connectivity index (χ4n) is 2.67. The van der Waals surface area contributed by atoms with Crippen molar-refractivity contribution in [1.82, 2.24) is 15.2 Å². The summed E-state index contributed by atoms with van der Waals surface area (Å²) in [6.45, 7) is 9.03. The highest BCUT2D eigenvalue weighted by Gasteiger charge is 2.27. The number of hydrogen-bond donors (Lipinski definition) is 1. The monoisotopic (exact) mass is 383 g/mol. The first-order valence-electron chi connectivity index (χ1n) is 6.79. The maximum Gasteiger partial charge on any atom is 0.110 e. The zero-order chi connectivity index (χ0) is 13.0. The molecule has 1 aromatic rings. The number of hydrogen-bond acceptors (Lipinski definition) is 3. The van der Waals surface area contributed by atoms with Crippen molar-refractivity contribution in [2.75, 3.05) is 26.2 Å². The van der Waals surface area contributed by atoms with Crippen LogP contribution >= 0.6 is 40.7 Å². The molecule has 1 aliphatic heterocycles. The minimum absolute atomic E-state index is 0. The molecule has 1 N–H and O–H groups in total. The van der Waals surface area contributed by atoms with Crippen molar-refractivity contribution in [2.24, 2.45) is 5.92 Å². The van der Waals surface area contributed by atoms with Crippen LogP contribution in [0.15, 0.2) is 22.9 Å². The van der Waals surface area contributed by atoms with Gasteiger partial charge < -0.3 is 5.32 Å². The van der Waals surface area contributed by atoms with Gasteiger partial charge >= 0.3 is 0 Å². The van der Waals surface area contributed by atoms with Gasteiger partial charge in [0.05, 0.1) is 0 Å². The Morgan fingerprint density at radius 2 is 2.00 bits per heavy atom. The third-order valence-corrected chi connectivity index (χ3v) is 4.50. The number of pyridine rings is 1. The van der Waals surface area contributed by atoms with Gasteiger partial charge in [-0.25, -0.2) is 4.98 Å². The molecule has 0 radical (unpaired) electrons. The highest BCUT2D eigenvalue weighted by atomic mass is 79.9. The van der Waals surface area contributed by atoms with Crippen molar-refractivity contribution in [2.45, 2.75) is 26.3 Å². The Kier molecular flexibility index (Phi) is 10.0. The number of aromatic nitrogens is 1. The van der Waals surface area contributed by atoms with Crippen molar-refractivity contribution in [3.8, 4) is 0 Å². The number of nitrogens with one attached hydrogen (secondary N) is 1. The summed E-state index contributed by atoms with van der Waals surface area (Å²) >= 11 is 3.61. The first-order valence-corrected chi connectivity index (χ1v) is 7.58. The molecule has 1 fully saturated rings. The number of halogens is 3. The molecule has 2 rings (SSSR count). The van der Waals surface area contributed by atoms with Crippen LogP contribution in [0.25, 0.3) is 0 Å². The average molecular weight is 385 g/mol. The Bertz CT molecular complexity index is 386. The third-order valence-electron chi connectivity index (χ3n) is 3.83. The Labute approximate surface area is 142 Å². The van der Waals surface area contributed by atoms with E-state index in [0.29, 0.717) is 12.0 Å². The molecular formula is C14H24BrCl2N3. The topological polar surface area (TPSA) is 28.2 Å². The molecule has 116 valence electrons. The van der Waals surface area contributed by atoms with Crippen molar-refractivity contribution in [3.63, 3.8) is 0 Å². The molecule has 0 saturated carbocycles. The molecule has 0 aromatic carbocycles. The van der Waals surface area contributed by atoms with Crippen LogP contribution in [-0.4, -0.2) is 36.1 Å². The smallest absolute Gasteiger partial charge is 0.110 e. The quantitative estimate of drug-likeness (QED) is 0.802. The molecule has 0 spiro atoms. The highest BCUT2D eigenvalue weighted by molar-refractivity contribution is 9.10. The predicted molar refractivity (Wildman–Crippen MR) is 93.1 cm³/mol. The lowest BCUT2D eigenvalue weighted by atomic mass is 9.91. The van der Waals surface area contributed by atoms with E-state index >= 15 is 0 Å². The van der Waals surface area contributed by atoms with Crippen LogP contribution in [-0.2, 0) is 0 Å². The van der Waals surface area contributed by atoms with E-state index in [1.54, 1.807) is 0 Å². The predicted octanol–water partition coefficient (Wildman–Crippen LogP) is 3.68. The highest BCUT2D eigenvalue weighted by Crippen LogP contribution is 2.34. The van der Waals surface area contributed by atoms with Gasteiger partial charge in [-0.05, 0) is 27.9 Å². The van der Waals surface area contributed by atoms with Crippen LogP contribution in [0, 0.1) is 5.92 Å². The molecular weight excluding hydrogens is 361 g/mol. The molecule has 3 nitrogen and oxygen atoms in total. The van der Waals surface area contributed by atoms with E-state index in [1.165, 1.54) is 12.0 Å². The second-order valence-corrected chi connectivity index (χ2v) is 5.75. The SMILES string of the molecule is CCC(C)[C@H](c1cccnc1Br)N1CCNCC1.Cl.Cl. The van der Waals surface area contributed by atoms with Crippen LogP contribution in [0.3, 0.4) is 0 Å². The normalized spacial score (nSPS) is 18.6. The van der Waals surface area contributed by atoms with Gasteiger partial charge in [-0.3, -0.25) is 4.90 Å². The number of rotatable bonds is 4. The molecule has 0 amide bonds.